The maximum Gasteiger partial charge on any atom is 0.319 e. The summed E-state index contributed by atoms with van der Waals surface area (Å²) in [5, 5.41) is 4.86. The fourth-order valence-corrected chi connectivity index (χ4v) is 2.82. The van der Waals surface area contributed by atoms with Crippen LogP contribution in [0.1, 0.15) is 16.1 Å². The Labute approximate surface area is 173 Å². The van der Waals surface area contributed by atoms with Crippen LogP contribution in [0.4, 0.5) is 16.3 Å². The van der Waals surface area contributed by atoms with Crippen LogP contribution in [-0.2, 0) is 9.53 Å². The summed E-state index contributed by atoms with van der Waals surface area (Å²) < 4.78 is 5.36. The van der Waals surface area contributed by atoms with E-state index in [2.05, 4.69) is 20.5 Å². The minimum absolute atomic E-state index is 0.182. The van der Waals surface area contributed by atoms with Gasteiger partial charge in [-0.05, 0) is 48.6 Å². The molecule has 2 heterocycles. The van der Waals surface area contributed by atoms with Crippen molar-refractivity contribution in [2.45, 2.75) is 0 Å². The number of allylic oxidation sites excluding steroid dienone is 1. The number of pyridine rings is 1. The first-order valence-electron chi connectivity index (χ1n) is 9.46. The van der Waals surface area contributed by atoms with E-state index in [1.807, 2.05) is 18.2 Å². The monoisotopic (exact) mass is 409 g/mol. The largest absolute Gasteiger partial charge is 0.378 e. The summed E-state index contributed by atoms with van der Waals surface area (Å²) in [5.41, 5.74) is 6.61. The number of aromatic nitrogens is 1. The molecular formula is C21H23N5O4. The molecule has 1 aromatic heterocycles. The van der Waals surface area contributed by atoms with Crippen molar-refractivity contribution in [2.24, 2.45) is 5.73 Å². The van der Waals surface area contributed by atoms with Crippen molar-refractivity contribution in [1.82, 2.24) is 10.3 Å². The maximum absolute atomic E-state index is 12.4. The second kappa shape index (κ2) is 10.2. The minimum Gasteiger partial charge on any atom is -0.378 e. The van der Waals surface area contributed by atoms with Crippen molar-refractivity contribution in [2.75, 3.05) is 43.1 Å². The third kappa shape index (κ3) is 6.14. The van der Waals surface area contributed by atoms with Gasteiger partial charge in [-0.1, -0.05) is 6.07 Å². The van der Waals surface area contributed by atoms with Crippen molar-refractivity contribution in [3.05, 3.63) is 59.8 Å². The van der Waals surface area contributed by atoms with Crippen LogP contribution in [0.15, 0.2) is 48.5 Å². The molecule has 1 aliphatic rings. The van der Waals surface area contributed by atoms with Gasteiger partial charge in [0.2, 0.25) is 5.91 Å². The summed E-state index contributed by atoms with van der Waals surface area (Å²) in [6, 6.07) is 11.5. The molecule has 2 aromatic rings. The highest BCUT2D eigenvalue weighted by Gasteiger charge is 2.12. The number of hydrogen-bond donors (Lipinski definition) is 3. The first-order chi connectivity index (χ1) is 14.5. The maximum atomic E-state index is 12.4. The molecule has 30 heavy (non-hydrogen) atoms. The highest BCUT2D eigenvalue weighted by Crippen LogP contribution is 2.15. The molecule has 1 saturated heterocycles. The molecule has 1 aromatic carbocycles. The van der Waals surface area contributed by atoms with E-state index in [1.165, 1.54) is 6.08 Å². The number of morpholine rings is 1. The Morgan fingerprint density at radius 2 is 1.83 bits per heavy atom. The fourth-order valence-electron chi connectivity index (χ4n) is 2.82. The van der Waals surface area contributed by atoms with E-state index in [9.17, 15) is 14.4 Å². The number of ether oxygens (including phenoxy) is 1. The molecule has 9 nitrogen and oxygen atoms in total. The lowest BCUT2D eigenvalue weighted by atomic mass is 10.1. The first-order valence-corrected chi connectivity index (χ1v) is 9.46. The van der Waals surface area contributed by atoms with E-state index in [4.69, 9.17) is 10.5 Å². The van der Waals surface area contributed by atoms with E-state index in [1.54, 1.807) is 30.3 Å². The first kappa shape index (κ1) is 21.0. The SMILES string of the molecule is NC(=O)CNC(=O)Nc1ccc(C(=O)C=Cc2cccc(N3CCOCC3)n2)cc1. The van der Waals surface area contributed by atoms with Crippen molar-refractivity contribution in [3.8, 4) is 0 Å². The molecule has 0 unspecified atom stereocenters. The number of carbonyl (C=O) groups excluding carboxylic acids is 3. The zero-order chi connectivity index (χ0) is 21.3. The number of carbonyl (C=O) groups is 3. The number of hydrogen-bond acceptors (Lipinski definition) is 6. The van der Waals surface area contributed by atoms with Gasteiger partial charge in [-0.25, -0.2) is 9.78 Å². The van der Waals surface area contributed by atoms with Gasteiger partial charge in [-0.2, -0.15) is 0 Å². The molecule has 0 aliphatic carbocycles. The van der Waals surface area contributed by atoms with Crippen LogP contribution in [-0.4, -0.2) is 55.6 Å². The van der Waals surface area contributed by atoms with Crippen LogP contribution in [0.25, 0.3) is 6.08 Å². The van der Waals surface area contributed by atoms with Crippen LogP contribution in [0, 0.1) is 0 Å². The summed E-state index contributed by atoms with van der Waals surface area (Å²) >= 11 is 0. The number of benzene rings is 1. The molecule has 3 rings (SSSR count). The van der Waals surface area contributed by atoms with E-state index in [0.29, 0.717) is 30.2 Å². The Hall–Kier alpha value is -3.72. The molecule has 0 spiro atoms. The van der Waals surface area contributed by atoms with E-state index in [-0.39, 0.29) is 12.3 Å². The smallest absolute Gasteiger partial charge is 0.319 e. The van der Waals surface area contributed by atoms with Gasteiger partial charge >= 0.3 is 6.03 Å². The number of amides is 3. The molecule has 0 atom stereocenters. The summed E-state index contributed by atoms with van der Waals surface area (Å²) in [4.78, 5) is 41.4. The van der Waals surface area contributed by atoms with Gasteiger partial charge in [0, 0.05) is 24.3 Å². The Bertz CT molecular complexity index is 937. The molecule has 0 saturated carbocycles. The molecule has 156 valence electrons. The summed E-state index contributed by atoms with van der Waals surface area (Å²) in [7, 11) is 0. The predicted octanol–water partition coefficient (Wildman–Crippen LogP) is 1.42. The lowest BCUT2D eigenvalue weighted by Crippen LogP contribution is -2.36. The lowest BCUT2D eigenvalue weighted by molar-refractivity contribution is -0.117. The Balaban J connectivity index is 1.58. The normalized spacial score (nSPS) is 13.8. The topological polar surface area (TPSA) is 127 Å². The number of anilines is 2. The Morgan fingerprint density at radius 3 is 2.53 bits per heavy atom. The number of nitrogens with one attached hydrogen (secondary N) is 2. The van der Waals surface area contributed by atoms with Gasteiger partial charge in [0.25, 0.3) is 0 Å². The Morgan fingerprint density at radius 1 is 1.10 bits per heavy atom. The number of nitrogens with two attached hydrogens (primary N) is 1. The zero-order valence-electron chi connectivity index (χ0n) is 16.3. The molecule has 0 radical (unpaired) electrons. The fraction of sp³-hybridized carbons (Fsp3) is 0.238. The van der Waals surface area contributed by atoms with Crippen molar-refractivity contribution in [1.29, 1.82) is 0 Å². The standard InChI is InChI=1S/C21H23N5O4/c22-19(28)14-23-21(29)25-17-6-4-15(5-7-17)18(27)9-8-16-2-1-3-20(24-16)26-10-12-30-13-11-26/h1-9H,10-14H2,(H2,22,28)(H2,23,25,29). The van der Waals surface area contributed by atoms with Crippen molar-refractivity contribution >= 4 is 35.3 Å². The van der Waals surface area contributed by atoms with E-state index in [0.717, 1.165) is 18.9 Å². The Kier molecular flexibility index (Phi) is 7.12. The molecule has 4 N–H and O–H groups in total. The number of nitrogens with zero attached hydrogens (tertiary/aromatic N) is 2. The number of urea groups is 1. The molecule has 9 heteroatoms. The van der Waals surface area contributed by atoms with Gasteiger partial charge < -0.3 is 26.0 Å². The van der Waals surface area contributed by atoms with Crippen LogP contribution in [0.2, 0.25) is 0 Å². The summed E-state index contributed by atoms with van der Waals surface area (Å²) in [6.07, 6.45) is 3.14. The van der Waals surface area contributed by atoms with Crippen molar-refractivity contribution < 1.29 is 19.1 Å². The third-order valence-corrected chi connectivity index (χ3v) is 4.35. The second-order valence-electron chi connectivity index (χ2n) is 6.57. The molecule has 1 fully saturated rings. The molecule has 0 bridgehead atoms. The zero-order valence-corrected chi connectivity index (χ0v) is 16.3. The van der Waals surface area contributed by atoms with Gasteiger partial charge in [0.15, 0.2) is 5.78 Å². The average Bonchev–Trinajstić information content (AvgIpc) is 2.77. The van der Waals surface area contributed by atoms with Crippen LogP contribution < -0.4 is 21.3 Å². The van der Waals surface area contributed by atoms with Gasteiger partial charge in [0.05, 0.1) is 25.5 Å². The van der Waals surface area contributed by atoms with Gasteiger partial charge in [0.1, 0.15) is 5.82 Å². The average molecular weight is 409 g/mol. The molecule has 1 aliphatic heterocycles. The quantitative estimate of drug-likeness (QED) is 0.469. The lowest BCUT2D eigenvalue weighted by Gasteiger charge is -2.27. The third-order valence-electron chi connectivity index (χ3n) is 4.35. The van der Waals surface area contributed by atoms with E-state index >= 15 is 0 Å². The van der Waals surface area contributed by atoms with Crippen molar-refractivity contribution in [3.63, 3.8) is 0 Å². The van der Waals surface area contributed by atoms with Crippen LogP contribution in [0.3, 0.4) is 0 Å². The van der Waals surface area contributed by atoms with Gasteiger partial charge in [-0.3, -0.25) is 9.59 Å². The minimum atomic E-state index is -0.636. The summed E-state index contributed by atoms with van der Waals surface area (Å²) in [6.45, 7) is 2.68. The number of rotatable bonds is 7. The number of primary amides is 1. The van der Waals surface area contributed by atoms with Gasteiger partial charge in [-0.15, -0.1) is 0 Å². The second-order valence-corrected chi connectivity index (χ2v) is 6.57. The predicted molar refractivity (Wildman–Crippen MR) is 113 cm³/mol. The summed E-state index contributed by atoms with van der Waals surface area (Å²) in [5.74, 6) is 0.0408. The highest BCUT2D eigenvalue weighted by atomic mass is 16.5. The molecule has 3 amide bonds. The highest BCUT2D eigenvalue weighted by molar-refractivity contribution is 6.07. The van der Waals surface area contributed by atoms with E-state index < -0.39 is 11.9 Å². The number of ketones is 1. The van der Waals surface area contributed by atoms with Crippen LogP contribution in [0.5, 0.6) is 0 Å². The van der Waals surface area contributed by atoms with Crippen LogP contribution >= 0.6 is 0 Å². The molecular weight excluding hydrogens is 386 g/mol.